The molecule has 0 aliphatic carbocycles. The van der Waals surface area contributed by atoms with E-state index >= 15 is 0 Å². The van der Waals surface area contributed by atoms with Gasteiger partial charge < -0.3 is 4.98 Å². The van der Waals surface area contributed by atoms with Crippen molar-refractivity contribution in [2.75, 3.05) is 6.26 Å². The second-order valence-corrected chi connectivity index (χ2v) is 6.86. The molecule has 1 aromatic carbocycles. The van der Waals surface area contributed by atoms with Gasteiger partial charge in [0, 0.05) is 18.8 Å². The molecule has 0 bridgehead atoms. The molecule has 130 valence electrons. The molecule has 0 aliphatic heterocycles. The lowest BCUT2D eigenvalue weighted by molar-refractivity contribution is 0.854. The fourth-order valence-corrected chi connectivity index (χ4v) is 3.38. The first kappa shape index (κ1) is 16.6. The Morgan fingerprint density at radius 1 is 1.23 bits per heavy atom. The van der Waals surface area contributed by atoms with Crippen molar-refractivity contribution in [2.24, 2.45) is 17.3 Å². The Balaban J connectivity index is 1.77. The van der Waals surface area contributed by atoms with Gasteiger partial charge in [-0.2, -0.15) is 4.37 Å². The van der Waals surface area contributed by atoms with Crippen LogP contribution >= 0.6 is 23.3 Å². The van der Waals surface area contributed by atoms with E-state index in [9.17, 15) is 4.79 Å². The Kier molecular flexibility index (Phi) is 4.35. The molecular formula is C16H13N7OS2. The van der Waals surface area contributed by atoms with Crippen LogP contribution in [0.1, 0.15) is 0 Å². The second-order valence-electron chi connectivity index (χ2n) is 5.34. The van der Waals surface area contributed by atoms with E-state index in [-0.39, 0.29) is 5.69 Å². The Hall–Kier alpha value is -2.85. The van der Waals surface area contributed by atoms with E-state index in [0.29, 0.717) is 27.3 Å². The van der Waals surface area contributed by atoms with Crippen LogP contribution in [-0.2, 0) is 7.05 Å². The van der Waals surface area contributed by atoms with Gasteiger partial charge in [-0.15, -0.1) is 10.2 Å². The zero-order valence-corrected chi connectivity index (χ0v) is 15.5. The number of rotatable bonds is 4. The molecule has 4 rings (SSSR count). The minimum Gasteiger partial charge on any atom is -0.304 e. The molecule has 0 fully saturated rings. The van der Waals surface area contributed by atoms with Gasteiger partial charge in [0.2, 0.25) is 0 Å². The summed E-state index contributed by atoms with van der Waals surface area (Å²) in [6, 6.07) is 9.53. The molecule has 10 heteroatoms. The van der Waals surface area contributed by atoms with Gasteiger partial charge in [-0.3, -0.25) is 4.57 Å². The van der Waals surface area contributed by atoms with Gasteiger partial charge >= 0.3 is 5.69 Å². The predicted molar refractivity (Wildman–Crippen MR) is 103 cm³/mol. The largest absolute Gasteiger partial charge is 0.327 e. The Bertz CT molecular complexity index is 1160. The molecule has 0 unspecified atom stereocenters. The number of H-pyrrole nitrogens is 1. The van der Waals surface area contributed by atoms with Gasteiger partial charge in [-0.25, -0.2) is 14.8 Å². The molecule has 8 nitrogen and oxygen atoms in total. The molecule has 0 saturated carbocycles. The van der Waals surface area contributed by atoms with Gasteiger partial charge in [0.15, 0.2) is 21.6 Å². The smallest absolute Gasteiger partial charge is 0.304 e. The standard InChI is InChI=1S/C16H13N7OS2/c1-23-13(11(18-16(23)24)9-6-4-3-5-7-9)20-21-14-10-8-17-15(25-2)19-12(10)22-26-14/h3-8H,1-2H3,(H,18,24)/b21-20+. The fourth-order valence-electron chi connectivity index (χ4n) is 2.41. The zero-order valence-electron chi connectivity index (χ0n) is 13.9. The maximum atomic E-state index is 12.1. The SMILES string of the molecule is CSc1ncc2c(/N=N/c3c(-c4ccccc4)[nH]c(=O)n3C)snc2n1. The van der Waals surface area contributed by atoms with Crippen LogP contribution < -0.4 is 5.69 Å². The van der Waals surface area contributed by atoms with Crippen LogP contribution in [0.2, 0.25) is 0 Å². The first-order chi connectivity index (χ1) is 12.7. The van der Waals surface area contributed by atoms with E-state index in [1.54, 1.807) is 13.2 Å². The van der Waals surface area contributed by atoms with E-state index < -0.39 is 0 Å². The molecule has 0 aliphatic rings. The molecule has 26 heavy (non-hydrogen) atoms. The van der Waals surface area contributed by atoms with Crippen LogP contribution in [0.15, 0.2) is 56.7 Å². The van der Waals surface area contributed by atoms with Gasteiger partial charge in [0.05, 0.1) is 11.1 Å². The van der Waals surface area contributed by atoms with E-state index in [4.69, 9.17) is 0 Å². The highest BCUT2D eigenvalue weighted by atomic mass is 32.2. The van der Waals surface area contributed by atoms with Crippen LogP contribution in [-0.4, -0.2) is 30.1 Å². The first-order valence-electron chi connectivity index (χ1n) is 7.60. The van der Waals surface area contributed by atoms with Crippen LogP contribution in [0, 0.1) is 0 Å². The van der Waals surface area contributed by atoms with Crippen molar-refractivity contribution in [1.82, 2.24) is 23.9 Å². The summed E-state index contributed by atoms with van der Waals surface area (Å²) in [5.41, 5.74) is 1.83. The summed E-state index contributed by atoms with van der Waals surface area (Å²) in [4.78, 5) is 23.5. The highest BCUT2D eigenvalue weighted by molar-refractivity contribution is 7.98. The summed E-state index contributed by atoms with van der Waals surface area (Å²) in [7, 11) is 1.65. The van der Waals surface area contributed by atoms with E-state index in [1.165, 1.54) is 27.9 Å². The van der Waals surface area contributed by atoms with Crippen molar-refractivity contribution in [3.63, 3.8) is 0 Å². The summed E-state index contributed by atoms with van der Waals surface area (Å²) in [6.07, 6.45) is 3.60. The topological polar surface area (TPSA) is 101 Å². The van der Waals surface area contributed by atoms with Crippen LogP contribution in [0.4, 0.5) is 10.8 Å². The Labute approximate surface area is 156 Å². The summed E-state index contributed by atoms with van der Waals surface area (Å²) in [5.74, 6) is 0.449. The summed E-state index contributed by atoms with van der Waals surface area (Å²) < 4.78 is 5.72. The Morgan fingerprint density at radius 2 is 2.04 bits per heavy atom. The fraction of sp³-hybridized carbons (Fsp3) is 0.125. The zero-order chi connectivity index (χ0) is 18.1. The van der Waals surface area contributed by atoms with Crippen molar-refractivity contribution in [3.05, 3.63) is 47.0 Å². The number of azo groups is 1. The van der Waals surface area contributed by atoms with Crippen LogP contribution in [0.3, 0.4) is 0 Å². The number of nitrogens with zero attached hydrogens (tertiary/aromatic N) is 6. The molecule has 0 radical (unpaired) electrons. The highest BCUT2D eigenvalue weighted by Crippen LogP contribution is 2.33. The summed E-state index contributed by atoms with van der Waals surface area (Å²) >= 11 is 2.65. The summed E-state index contributed by atoms with van der Waals surface area (Å²) in [5, 5.41) is 10.6. The van der Waals surface area contributed by atoms with Crippen molar-refractivity contribution >= 4 is 45.1 Å². The number of aromatic nitrogens is 5. The van der Waals surface area contributed by atoms with E-state index in [2.05, 4.69) is 29.6 Å². The third-order valence-electron chi connectivity index (χ3n) is 3.75. The minimum atomic E-state index is -0.250. The predicted octanol–water partition coefficient (Wildman–Crippen LogP) is 3.92. The summed E-state index contributed by atoms with van der Waals surface area (Å²) in [6.45, 7) is 0. The van der Waals surface area contributed by atoms with Crippen molar-refractivity contribution in [3.8, 4) is 11.3 Å². The van der Waals surface area contributed by atoms with Gasteiger partial charge in [-0.1, -0.05) is 42.1 Å². The normalized spacial score (nSPS) is 11.6. The molecule has 0 spiro atoms. The molecule has 1 N–H and O–H groups in total. The Morgan fingerprint density at radius 3 is 2.81 bits per heavy atom. The molecule has 3 aromatic heterocycles. The lowest BCUT2D eigenvalue weighted by Gasteiger charge is -1.99. The number of hydrogen-bond donors (Lipinski definition) is 1. The quantitative estimate of drug-likeness (QED) is 0.327. The average Bonchev–Trinajstić information content (AvgIpc) is 3.21. The van der Waals surface area contributed by atoms with Crippen LogP contribution in [0.5, 0.6) is 0 Å². The highest BCUT2D eigenvalue weighted by Gasteiger charge is 2.14. The molecular weight excluding hydrogens is 370 g/mol. The second kappa shape index (κ2) is 6.81. The number of aromatic amines is 1. The average molecular weight is 383 g/mol. The van der Waals surface area contributed by atoms with Crippen LogP contribution in [0.25, 0.3) is 22.3 Å². The number of imidazole rings is 1. The molecule has 0 saturated heterocycles. The third kappa shape index (κ3) is 2.93. The van der Waals surface area contributed by atoms with Crippen molar-refractivity contribution in [2.45, 2.75) is 5.16 Å². The molecule has 0 atom stereocenters. The lowest BCUT2D eigenvalue weighted by Crippen LogP contribution is -2.11. The minimum absolute atomic E-state index is 0.250. The first-order valence-corrected chi connectivity index (χ1v) is 9.59. The maximum Gasteiger partial charge on any atom is 0.327 e. The van der Waals surface area contributed by atoms with Gasteiger partial charge in [0.25, 0.3) is 0 Å². The van der Waals surface area contributed by atoms with Crippen molar-refractivity contribution in [1.29, 1.82) is 0 Å². The number of benzene rings is 1. The van der Waals surface area contributed by atoms with Gasteiger partial charge in [0.1, 0.15) is 0 Å². The molecule has 4 aromatic rings. The number of hydrogen-bond acceptors (Lipinski definition) is 8. The van der Waals surface area contributed by atoms with Gasteiger partial charge in [-0.05, 0) is 17.8 Å². The monoisotopic (exact) mass is 383 g/mol. The van der Waals surface area contributed by atoms with E-state index in [0.717, 1.165) is 10.9 Å². The molecule has 0 amide bonds. The van der Waals surface area contributed by atoms with E-state index in [1.807, 2.05) is 36.6 Å². The maximum absolute atomic E-state index is 12.1. The number of thioether (sulfide) groups is 1. The molecule has 3 heterocycles. The van der Waals surface area contributed by atoms with Crippen molar-refractivity contribution < 1.29 is 0 Å². The third-order valence-corrected chi connectivity index (χ3v) is 5.05. The number of fused-ring (bicyclic) bond motifs is 1. The number of nitrogens with one attached hydrogen (secondary N) is 1. The lowest BCUT2D eigenvalue weighted by atomic mass is 10.1.